The third-order valence-corrected chi connectivity index (χ3v) is 13.7. The topological polar surface area (TPSA) is 56.7 Å². The van der Waals surface area contributed by atoms with E-state index in [4.69, 9.17) is 9.40 Å². The number of para-hydroxylation sites is 1. The Morgan fingerprint density at radius 3 is 2.19 bits per heavy atom. The molecule has 0 aliphatic carbocycles. The summed E-state index contributed by atoms with van der Waals surface area (Å²) in [5, 5.41) is 2.19. The molecule has 1 radical (unpaired) electrons. The van der Waals surface area contributed by atoms with Crippen molar-refractivity contribution in [3.63, 3.8) is 0 Å². The zero-order valence-corrected chi connectivity index (χ0v) is 35.6. The molecule has 265 valence electrons. The van der Waals surface area contributed by atoms with Gasteiger partial charge in [-0.1, -0.05) is 68.5 Å². The number of rotatable bonds is 6. The van der Waals surface area contributed by atoms with E-state index in [1.54, 1.807) is 6.20 Å². The van der Waals surface area contributed by atoms with Crippen LogP contribution in [-0.2, 0) is 20.1 Å². The molecule has 0 atom stereocenters. The van der Waals surface area contributed by atoms with Gasteiger partial charge in [0.2, 0.25) is 0 Å². The average Bonchev–Trinajstić information content (AvgIpc) is 3.70. The summed E-state index contributed by atoms with van der Waals surface area (Å²) in [5.74, 6) is 8.66. The molecular formula is C45H44GeIrN4O-2. The van der Waals surface area contributed by atoms with Gasteiger partial charge in [0.25, 0.3) is 0 Å². The largest absolute Gasteiger partial charge is 0 e. The molecule has 0 aliphatic rings. The fourth-order valence-corrected chi connectivity index (χ4v) is 8.83. The van der Waals surface area contributed by atoms with Crippen molar-refractivity contribution in [2.45, 2.75) is 63.7 Å². The summed E-state index contributed by atoms with van der Waals surface area (Å²) in [4.78, 5) is 14.1. The van der Waals surface area contributed by atoms with E-state index in [9.17, 15) is 0 Å². The molecule has 8 aromatic rings. The number of pyridine rings is 2. The van der Waals surface area contributed by atoms with Crippen molar-refractivity contribution in [3.8, 4) is 28.3 Å². The number of aryl methyl sites for hydroxylation is 1. The number of nitrogens with zero attached hydrogens (tertiary/aromatic N) is 4. The smallest absolute Gasteiger partial charge is 0 e. The molecule has 0 amide bonds. The molecule has 0 bridgehead atoms. The Bertz CT molecular complexity index is 2450. The van der Waals surface area contributed by atoms with Gasteiger partial charge in [-0.15, -0.1) is 18.2 Å². The van der Waals surface area contributed by atoms with Gasteiger partial charge in [0.15, 0.2) is 0 Å². The first kappa shape index (κ1) is 37.4. The van der Waals surface area contributed by atoms with Gasteiger partial charge in [0.05, 0.1) is 28.6 Å². The van der Waals surface area contributed by atoms with E-state index in [-0.39, 0.29) is 20.1 Å². The second kappa shape index (κ2) is 15.3. The monoisotopic (exact) mass is 923 g/mol. The third-order valence-electron chi connectivity index (χ3n) is 9.45. The number of aromatic nitrogens is 4. The van der Waals surface area contributed by atoms with Crippen LogP contribution in [0.3, 0.4) is 0 Å². The van der Waals surface area contributed by atoms with Crippen LogP contribution in [-0.4, -0.2) is 32.8 Å². The number of benzene rings is 4. The average molecular weight is 922 g/mol. The standard InChI is InChI=1S/C31H28N3O.C14H16GeN.Ir/c1-18(2)21-8-6-9-22(19(3)4)29(21)34-27-17-32-15-14-26(27)33-31(34)24-11-7-10-23-25-16-20(5)12-13-28(25)35-30(23)24;1-15(2,3)13-9-10-14(16-11-13)12-7-5-4-6-8-12;/h6-10,12-19H,1-5H3;4-7,9-11H,1-3H3;/q2*-1;. The Morgan fingerprint density at radius 1 is 0.769 bits per heavy atom. The first-order valence-electron chi connectivity index (χ1n) is 17.7. The van der Waals surface area contributed by atoms with Crippen LogP contribution < -0.4 is 4.40 Å². The van der Waals surface area contributed by atoms with E-state index in [0.717, 1.165) is 55.6 Å². The molecule has 0 N–H and O–H groups in total. The molecule has 4 aromatic carbocycles. The van der Waals surface area contributed by atoms with Crippen molar-refractivity contribution >= 4 is 50.6 Å². The zero-order chi connectivity index (χ0) is 35.9. The maximum absolute atomic E-state index is 6.44. The molecule has 7 heteroatoms. The molecule has 0 saturated carbocycles. The number of hydrogen-bond acceptors (Lipinski definition) is 4. The summed E-state index contributed by atoms with van der Waals surface area (Å²) in [7, 11) is 0. The van der Waals surface area contributed by atoms with Crippen molar-refractivity contribution in [2.24, 2.45) is 0 Å². The molecule has 0 unspecified atom stereocenters. The van der Waals surface area contributed by atoms with Crippen LogP contribution >= 0.6 is 0 Å². The Morgan fingerprint density at radius 2 is 1.54 bits per heavy atom. The molecule has 52 heavy (non-hydrogen) atoms. The summed E-state index contributed by atoms with van der Waals surface area (Å²) in [6, 6.07) is 37.9. The predicted octanol–water partition coefficient (Wildman–Crippen LogP) is 11.4. The molecule has 5 nitrogen and oxygen atoms in total. The molecule has 4 heterocycles. The Labute approximate surface area is 323 Å². The van der Waals surface area contributed by atoms with Crippen LogP contribution in [0.25, 0.3) is 61.3 Å². The van der Waals surface area contributed by atoms with Gasteiger partial charge in [-0.3, -0.25) is 9.97 Å². The number of imidazole rings is 1. The van der Waals surface area contributed by atoms with Gasteiger partial charge in [0.1, 0.15) is 5.58 Å². The van der Waals surface area contributed by atoms with E-state index in [1.165, 1.54) is 26.8 Å². The zero-order valence-electron chi connectivity index (χ0n) is 31.1. The third kappa shape index (κ3) is 7.30. The van der Waals surface area contributed by atoms with E-state index >= 15 is 0 Å². The first-order chi connectivity index (χ1) is 24.5. The number of furan rings is 1. The van der Waals surface area contributed by atoms with Crippen LogP contribution in [0.4, 0.5) is 0 Å². The maximum Gasteiger partial charge on any atom is 0 e. The van der Waals surface area contributed by atoms with Gasteiger partial charge in [-0.25, -0.2) is 0 Å². The minimum Gasteiger partial charge on any atom is 0 e. The minimum atomic E-state index is -1.72. The van der Waals surface area contributed by atoms with E-state index in [1.807, 2.05) is 54.9 Å². The van der Waals surface area contributed by atoms with Gasteiger partial charge < -0.3 is 8.98 Å². The quantitative estimate of drug-likeness (QED) is 0.123. The second-order valence-electron chi connectivity index (χ2n) is 14.9. The molecule has 0 aliphatic heterocycles. The summed E-state index contributed by atoms with van der Waals surface area (Å²) in [6.45, 7) is 11.1. The molecule has 8 rings (SSSR count). The van der Waals surface area contributed by atoms with Gasteiger partial charge in [-0.05, 0) is 48.1 Å². The summed E-state index contributed by atoms with van der Waals surface area (Å²) in [5.41, 5.74) is 11.5. The fourth-order valence-electron chi connectivity index (χ4n) is 6.66. The van der Waals surface area contributed by atoms with E-state index < -0.39 is 13.3 Å². The molecule has 4 aromatic heterocycles. The van der Waals surface area contributed by atoms with E-state index in [2.05, 4.69) is 127 Å². The first-order valence-corrected chi connectivity index (χ1v) is 25.1. The van der Waals surface area contributed by atoms with Crippen LogP contribution in [0.2, 0.25) is 17.3 Å². The van der Waals surface area contributed by atoms with Crippen molar-refractivity contribution in [1.82, 2.24) is 19.5 Å². The Hall–Kier alpha value is -4.36. The molecule has 0 spiro atoms. The van der Waals surface area contributed by atoms with Crippen LogP contribution in [0.1, 0.15) is 56.2 Å². The number of fused-ring (bicyclic) bond motifs is 4. The van der Waals surface area contributed by atoms with Gasteiger partial charge in [0, 0.05) is 37.4 Å². The normalized spacial score (nSPS) is 11.7. The maximum atomic E-state index is 6.44. The van der Waals surface area contributed by atoms with Gasteiger partial charge in [-0.2, -0.15) is 0 Å². The summed E-state index contributed by atoms with van der Waals surface area (Å²) < 4.78 is 10.2. The SMILES string of the molecule is Cc1ccc2oc3c(-c4nc5ccncc5n4-c4c(C(C)C)cccc4C(C)C)[c-]ccc3c2c1.[CH3][Ge]([CH3])([CH3])[c]1ccc(-c2[c-]cccc2)nc1.[Ir]. The second-order valence-corrected chi connectivity index (χ2v) is 25.5. The van der Waals surface area contributed by atoms with Gasteiger partial charge >= 0.3 is 99.8 Å². The molecular weight excluding hydrogens is 877 g/mol. The molecule has 0 saturated heterocycles. The Kier molecular flexibility index (Phi) is 11.0. The van der Waals surface area contributed by atoms with E-state index in [0.29, 0.717) is 11.8 Å². The molecule has 0 fully saturated rings. The predicted molar refractivity (Wildman–Crippen MR) is 215 cm³/mol. The Balaban J connectivity index is 0.000000230. The van der Waals surface area contributed by atoms with Crippen molar-refractivity contribution in [1.29, 1.82) is 0 Å². The van der Waals surface area contributed by atoms with Crippen LogP contribution in [0.15, 0.2) is 114 Å². The van der Waals surface area contributed by atoms with Crippen molar-refractivity contribution in [3.05, 3.63) is 138 Å². The van der Waals surface area contributed by atoms with Crippen molar-refractivity contribution in [2.75, 3.05) is 0 Å². The van der Waals surface area contributed by atoms with Crippen LogP contribution in [0.5, 0.6) is 0 Å². The summed E-state index contributed by atoms with van der Waals surface area (Å²) in [6.07, 6.45) is 5.75. The number of hydrogen-bond donors (Lipinski definition) is 0. The minimum absolute atomic E-state index is 0. The van der Waals surface area contributed by atoms with Crippen LogP contribution in [0, 0.1) is 19.1 Å². The van der Waals surface area contributed by atoms with Crippen molar-refractivity contribution < 1.29 is 24.5 Å². The fraction of sp³-hybridized carbons (Fsp3) is 0.222. The summed E-state index contributed by atoms with van der Waals surface area (Å²) >= 11 is -1.72.